The van der Waals surface area contributed by atoms with Gasteiger partial charge in [-0.2, -0.15) is 0 Å². The van der Waals surface area contributed by atoms with Crippen molar-refractivity contribution in [3.63, 3.8) is 0 Å². The molecule has 0 aliphatic rings. The Kier molecular flexibility index (Phi) is 4.98. The van der Waals surface area contributed by atoms with Crippen LogP contribution in [0.3, 0.4) is 0 Å². The second-order valence-corrected chi connectivity index (χ2v) is 4.02. The Balaban J connectivity index is 2.47. The van der Waals surface area contributed by atoms with Crippen LogP contribution < -0.4 is 5.32 Å². The average molecular weight is 259 g/mol. The van der Waals surface area contributed by atoms with Gasteiger partial charge in [0.15, 0.2) is 5.16 Å². The molecular formula is C9H13N3O4S. The summed E-state index contributed by atoms with van der Waals surface area (Å²) in [5.74, 6) is -0.416. The summed E-state index contributed by atoms with van der Waals surface area (Å²) in [4.78, 5) is 26.0. The van der Waals surface area contributed by atoms with Crippen LogP contribution in [0.5, 0.6) is 0 Å². The minimum Gasteiger partial charge on any atom is -0.453 e. The highest BCUT2D eigenvalue weighted by molar-refractivity contribution is 7.99. The van der Waals surface area contributed by atoms with Gasteiger partial charge in [-0.25, -0.2) is 9.78 Å². The van der Waals surface area contributed by atoms with Gasteiger partial charge in [-0.3, -0.25) is 10.1 Å². The summed E-state index contributed by atoms with van der Waals surface area (Å²) >= 11 is 1.16. The molecule has 0 aliphatic heterocycles. The van der Waals surface area contributed by atoms with Crippen LogP contribution in [0.4, 0.5) is 4.79 Å². The largest absolute Gasteiger partial charge is 0.453 e. The van der Waals surface area contributed by atoms with Gasteiger partial charge in [0.1, 0.15) is 0 Å². The van der Waals surface area contributed by atoms with E-state index in [1.807, 2.05) is 5.32 Å². The van der Waals surface area contributed by atoms with Gasteiger partial charge in [0, 0.05) is 7.05 Å². The number of rotatable bonds is 4. The molecule has 0 bridgehead atoms. The molecule has 0 atom stereocenters. The highest BCUT2D eigenvalue weighted by Crippen LogP contribution is 2.16. The van der Waals surface area contributed by atoms with E-state index in [4.69, 9.17) is 5.11 Å². The molecule has 1 rings (SSSR count). The van der Waals surface area contributed by atoms with Crippen molar-refractivity contribution in [2.45, 2.75) is 11.8 Å². The second-order valence-electron chi connectivity index (χ2n) is 3.08. The number of methoxy groups -OCH3 is 1. The number of hydrogen-bond donors (Lipinski definition) is 2. The SMILES string of the molecule is COC(=O)NC(=O)CSc1ncc(CO)n1C. The van der Waals surface area contributed by atoms with Crippen molar-refractivity contribution in [2.75, 3.05) is 12.9 Å². The number of carbonyl (C=O) groups is 2. The minimum atomic E-state index is -0.786. The molecule has 0 spiro atoms. The van der Waals surface area contributed by atoms with E-state index in [2.05, 4.69) is 9.72 Å². The molecule has 8 heteroatoms. The van der Waals surface area contributed by atoms with Crippen molar-refractivity contribution >= 4 is 23.8 Å². The maximum atomic E-state index is 11.3. The topological polar surface area (TPSA) is 93.4 Å². The Hall–Kier alpha value is -1.54. The Morgan fingerprint density at radius 2 is 2.35 bits per heavy atom. The third kappa shape index (κ3) is 3.75. The number of imidazole rings is 1. The first-order chi connectivity index (χ1) is 8.08. The van der Waals surface area contributed by atoms with Crippen LogP contribution in [0.2, 0.25) is 0 Å². The van der Waals surface area contributed by atoms with E-state index in [0.29, 0.717) is 10.9 Å². The lowest BCUT2D eigenvalue weighted by molar-refractivity contribution is -0.117. The lowest BCUT2D eigenvalue weighted by Gasteiger charge is -2.04. The predicted molar refractivity (Wildman–Crippen MR) is 60.4 cm³/mol. The first-order valence-corrected chi connectivity index (χ1v) is 5.69. The predicted octanol–water partition coefficient (Wildman–Crippen LogP) is -0.113. The van der Waals surface area contributed by atoms with E-state index in [1.165, 1.54) is 13.3 Å². The number of nitrogens with zero attached hydrogens (tertiary/aromatic N) is 2. The van der Waals surface area contributed by atoms with Gasteiger partial charge < -0.3 is 14.4 Å². The summed E-state index contributed by atoms with van der Waals surface area (Å²) in [6.45, 7) is -0.113. The molecule has 0 saturated heterocycles. The normalized spacial score (nSPS) is 10.1. The number of thioether (sulfide) groups is 1. The van der Waals surface area contributed by atoms with Gasteiger partial charge in [-0.1, -0.05) is 11.8 Å². The number of ether oxygens (including phenoxy) is 1. The summed E-state index contributed by atoms with van der Waals surface area (Å²) in [5, 5.41) is 11.6. The van der Waals surface area contributed by atoms with Crippen LogP contribution in [-0.2, 0) is 23.2 Å². The lowest BCUT2D eigenvalue weighted by Crippen LogP contribution is -2.31. The summed E-state index contributed by atoms with van der Waals surface area (Å²) in [5.41, 5.74) is 0.654. The zero-order chi connectivity index (χ0) is 12.8. The van der Waals surface area contributed by atoms with Crippen molar-refractivity contribution < 1.29 is 19.4 Å². The van der Waals surface area contributed by atoms with Gasteiger partial charge in [0.2, 0.25) is 5.91 Å². The number of aliphatic hydroxyl groups excluding tert-OH is 1. The number of hydrogen-bond acceptors (Lipinski definition) is 6. The molecule has 0 saturated carbocycles. The number of aromatic nitrogens is 2. The van der Waals surface area contributed by atoms with Gasteiger partial charge >= 0.3 is 6.09 Å². The fourth-order valence-corrected chi connectivity index (χ4v) is 1.81. The highest BCUT2D eigenvalue weighted by Gasteiger charge is 2.11. The molecule has 0 aromatic carbocycles. The van der Waals surface area contributed by atoms with E-state index >= 15 is 0 Å². The van der Waals surface area contributed by atoms with Gasteiger partial charge in [-0.15, -0.1) is 0 Å². The fraction of sp³-hybridized carbons (Fsp3) is 0.444. The summed E-state index contributed by atoms with van der Waals surface area (Å²) < 4.78 is 5.96. The molecule has 17 heavy (non-hydrogen) atoms. The molecule has 0 aliphatic carbocycles. The zero-order valence-electron chi connectivity index (χ0n) is 9.47. The molecule has 1 aromatic heterocycles. The summed E-state index contributed by atoms with van der Waals surface area (Å²) in [6, 6.07) is 0. The number of nitrogens with one attached hydrogen (secondary N) is 1. The highest BCUT2D eigenvalue weighted by atomic mass is 32.2. The molecule has 7 nitrogen and oxygen atoms in total. The molecule has 0 unspecified atom stereocenters. The molecular weight excluding hydrogens is 246 g/mol. The van der Waals surface area contributed by atoms with Gasteiger partial charge in [0.05, 0.1) is 31.4 Å². The quantitative estimate of drug-likeness (QED) is 0.733. The molecule has 0 fully saturated rings. The number of imide groups is 1. The molecule has 2 N–H and O–H groups in total. The van der Waals surface area contributed by atoms with E-state index in [1.54, 1.807) is 11.6 Å². The molecule has 0 radical (unpaired) electrons. The Labute approximate surface area is 102 Å². The second kappa shape index (κ2) is 6.26. The number of alkyl carbamates (subject to hydrolysis) is 1. The summed E-state index contributed by atoms with van der Waals surface area (Å²) in [6.07, 6.45) is 0.743. The van der Waals surface area contributed by atoms with Crippen LogP contribution in [0.25, 0.3) is 0 Å². The smallest absolute Gasteiger partial charge is 0.413 e. The van der Waals surface area contributed by atoms with E-state index in [0.717, 1.165) is 11.8 Å². The molecule has 1 heterocycles. The van der Waals surface area contributed by atoms with Crippen molar-refractivity contribution in [2.24, 2.45) is 7.05 Å². The van der Waals surface area contributed by atoms with Crippen LogP contribution in [0, 0.1) is 0 Å². The first kappa shape index (κ1) is 13.5. The fourth-order valence-electron chi connectivity index (χ4n) is 1.04. The maximum Gasteiger partial charge on any atom is 0.413 e. The van der Waals surface area contributed by atoms with Crippen molar-refractivity contribution in [3.05, 3.63) is 11.9 Å². The third-order valence-corrected chi connectivity index (χ3v) is 3.01. The van der Waals surface area contributed by atoms with Gasteiger partial charge in [-0.05, 0) is 0 Å². The zero-order valence-corrected chi connectivity index (χ0v) is 10.3. The van der Waals surface area contributed by atoms with Crippen molar-refractivity contribution in [1.82, 2.24) is 14.9 Å². The molecule has 2 amide bonds. The molecule has 1 aromatic rings. The number of aliphatic hydroxyl groups is 1. The average Bonchev–Trinajstić information content (AvgIpc) is 2.67. The Morgan fingerprint density at radius 3 is 2.88 bits per heavy atom. The van der Waals surface area contributed by atoms with Crippen LogP contribution in [0.1, 0.15) is 5.69 Å². The third-order valence-electron chi connectivity index (χ3n) is 1.96. The first-order valence-electron chi connectivity index (χ1n) is 4.70. The van der Waals surface area contributed by atoms with Crippen LogP contribution >= 0.6 is 11.8 Å². The number of carbonyl (C=O) groups excluding carboxylic acids is 2. The Bertz CT molecular complexity index is 418. The standard InChI is InChI=1S/C9H13N3O4S/c1-12-6(4-13)3-10-8(12)17-5-7(14)11-9(15)16-2/h3,13H,4-5H2,1-2H3,(H,11,14,15). The lowest BCUT2D eigenvalue weighted by atomic mass is 10.5. The van der Waals surface area contributed by atoms with Crippen LogP contribution in [-0.4, -0.2) is 39.5 Å². The number of amides is 2. The van der Waals surface area contributed by atoms with Crippen LogP contribution in [0.15, 0.2) is 11.4 Å². The van der Waals surface area contributed by atoms with E-state index < -0.39 is 12.0 Å². The Morgan fingerprint density at radius 1 is 1.65 bits per heavy atom. The van der Waals surface area contributed by atoms with E-state index in [9.17, 15) is 9.59 Å². The van der Waals surface area contributed by atoms with Crippen molar-refractivity contribution in [1.29, 1.82) is 0 Å². The monoisotopic (exact) mass is 259 g/mol. The minimum absolute atomic E-state index is 0.0465. The summed E-state index contributed by atoms with van der Waals surface area (Å²) in [7, 11) is 2.92. The van der Waals surface area contributed by atoms with E-state index in [-0.39, 0.29) is 12.4 Å². The van der Waals surface area contributed by atoms with Gasteiger partial charge in [0.25, 0.3) is 0 Å². The van der Waals surface area contributed by atoms with Crippen molar-refractivity contribution in [3.8, 4) is 0 Å². The maximum absolute atomic E-state index is 11.3. The molecule has 94 valence electrons.